The van der Waals surface area contributed by atoms with Gasteiger partial charge in [0, 0.05) is 26.7 Å². The van der Waals surface area contributed by atoms with Crippen LogP contribution >= 0.6 is 0 Å². The van der Waals surface area contributed by atoms with Crippen LogP contribution in [0.2, 0.25) is 0 Å². The maximum Gasteiger partial charge on any atom is 0.312 e. The van der Waals surface area contributed by atoms with Crippen LogP contribution in [0.25, 0.3) is 0 Å². The van der Waals surface area contributed by atoms with Crippen molar-refractivity contribution in [1.82, 2.24) is 9.80 Å². The van der Waals surface area contributed by atoms with Crippen LogP contribution in [0.4, 0.5) is 0 Å². The Bertz CT molecular complexity index is 265. The van der Waals surface area contributed by atoms with Gasteiger partial charge in [0.1, 0.15) is 0 Å². The maximum atomic E-state index is 11.6. The molecule has 0 aliphatic carbocycles. The van der Waals surface area contributed by atoms with Crippen molar-refractivity contribution < 1.29 is 9.59 Å². The Morgan fingerprint density at radius 1 is 1.40 bits per heavy atom. The molecule has 1 fully saturated rings. The summed E-state index contributed by atoms with van der Waals surface area (Å²) < 4.78 is 0. The van der Waals surface area contributed by atoms with E-state index in [1.165, 1.54) is 0 Å². The second-order valence-corrected chi connectivity index (χ2v) is 4.27. The average molecular weight is 213 g/mol. The van der Waals surface area contributed by atoms with Crippen LogP contribution in [0, 0.1) is 5.92 Å². The molecule has 5 heteroatoms. The van der Waals surface area contributed by atoms with Crippen LogP contribution in [0.1, 0.15) is 13.8 Å². The van der Waals surface area contributed by atoms with Crippen molar-refractivity contribution in [3.63, 3.8) is 0 Å². The van der Waals surface area contributed by atoms with Gasteiger partial charge in [-0.05, 0) is 5.92 Å². The van der Waals surface area contributed by atoms with E-state index in [0.29, 0.717) is 25.6 Å². The van der Waals surface area contributed by atoms with Crippen LogP contribution in [0.15, 0.2) is 0 Å². The van der Waals surface area contributed by atoms with Crippen LogP contribution in [-0.2, 0) is 9.59 Å². The lowest BCUT2D eigenvalue weighted by atomic mass is 10.00. The Hall–Kier alpha value is -1.10. The van der Waals surface area contributed by atoms with E-state index >= 15 is 0 Å². The molecular weight excluding hydrogens is 194 g/mol. The van der Waals surface area contributed by atoms with E-state index in [-0.39, 0.29) is 6.04 Å². The standard InChI is InChI=1S/C10H19N3O2/c1-7(2)8-6-13(5-4-11)10(15)9(14)12(8)3/h7-8H,4-6,11H2,1-3H3. The summed E-state index contributed by atoms with van der Waals surface area (Å²) in [6.07, 6.45) is 0. The van der Waals surface area contributed by atoms with Gasteiger partial charge in [-0.3, -0.25) is 9.59 Å². The summed E-state index contributed by atoms with van der Waals surface area (Å²) in [4.78, 5) is 26.3. The molecule has 1 saturated heterocycles. The Balaban J connectivity index is 2.80. The fraction of sp³-hybridized carbons (Fsp3) is 0.800. The van der Waals surface area contributed by atoms with Crippen LogP contribution in [-0.4, -0.2) is 54.3 Å². The quantitative estimate of drug-likeness (QED) is 0.629. The number of hydrogen-bond donors (Lipinski definition) is 1. The Morgan fingerprint density at radius 2 is 2.00 bits per heavy atom. The third kappa shape index (κ3) is 2.28. The minimum absolute atomic E-state index is 0.0988. The lowest BCUT2D eigenvalue weighted by molar-refractivity contribution is -0.158. The summed E-state index contributed by atoms with van der Waals surface area (Å²) in [7, 11) is 1.69. The highest BCUT2D eigenvalue weighted by atomic mass is 16.2. The molecule has 86 valence electrons. The predicted molar refractivity (Wildman–Crippen MR) is 57.0 cm³/mol. The van der Waals surface area contributed by atoms with E-state index in [9.17, 15) is 9.59 Å². The SMILES string of the molecule is CC(C)C1CN(CCN)C(=O)C(=O)N1C. The van der Waals surface area contributed by atoms with E-state index in [4.69, 9.17) is 5.73 Å². The summed E-state index contributed by atoms with van der Waals surface area (Å²) in [6.45, 7) is 5.54. The van der Waals surface area contributed by atoms with Crippen molar-refractivity contribution >= 4 is 11.8 Å². The van der Waals surface area contributed by atoms with Gasteiger partial charge in [-0.1, -0.05) is 13.8 Å². The highest BCUT2D eigenvalue weighted by Crippen LogP contribution is 2.16. The monoisotopic (exact) mass is 213 g/mol. The molecule has 0 aromatic heterocycles. The zero-order valence-corrected chi connectivity index (χ0v) is 9.56. The summed E-state index contributed by atoms with van der Waals surface area (Å²) >= 11 is 0. The Kier molecular flexibility index (Phi) is 3.68. The van der Waals surface area contributed by atoms with Gasteiger partial charge in [0.25, 0.3) is 0 Å². The average Bonchev–Trinajstić information content (AvgIpc) is 2.18. The lowest BCUT2D eigenvalue weighted by Crippen LogP contribution is -2.60. The summed E-state index contributed by atoms with van der Waals surface area (Å²) in [6, 6.07) is 0.0988. The number of amides is 2. The molecule has 1 heterocycles. The summed E-state index contributed by atoms with van der Waals surface area (Å²) in [5.74, 6) is -0.513. The highest BCUT2D eigenvalue weighted by Gasteiger charge is 2.37. The molecule has 0 aromatic carbocycles. The number of nitrogens with two attached hydrogens (primary N) is 1. The topological polar surface area (TPSA) is 66.6 Å². The molecule has 2 amide bonds. The second kappa shape index (κ2) is 4.61. The van der Waals surface area contributed by atoms with Gasteiger partial charge >= 0.3 is 11.8 Å². The van der Waals surface area contributed by atoms with Gasteiger partial charge in [-0.25, -0.2) is 0 Å². The third-order valence-corrected chi connectivity index (χ3v) is 2.86. The molecule has 0 bridgehead atoms. The number of nitrogens with zero attached hydrogens (tertiary/aromatic N) is 2. The molecule has 0 saturated carbocycles. The van der Waals surface area contributed by atoms with Crippen LogP contribution in [0.3, 0.4) is 0 Å². The lowest BCUT2D eigenvalue weighted by Gasteiger charge is -2.40. The first kappa shape index (κ1) is 12.0. The van der Waals surface area contributed by atoms with Gasteiger partial charge < -0.3 is 15.5 Å². The number of rotatable bonds is 3. The molecule has 0 aromatic rings. The largest absolute Gasteiger partial charge is 0.332 e. The van der Waals surface area contributed by atoms with Gasteiger partial charge in [0.15, 0.2) is 0 Å². The van der Waals surface area contributed by atoms with Crippen molar-refractivity contribution in [2.24, 2.45) is 11.7 Å². The maximum absolute atomic E-state index is 11.6. The van der Waals surface area contributed by atoms with Crippen molar-refractivity contribution in [2.45, 2.75) is 19.9 Å². The van der Waals surface area contributed by atoms with Gasteiger partial charge in [-0.15, -0.1) is 0 Å². The van der Waals surface area contributed by atoms with E-state index in [1.54, 1.807) is 16.8 Å². The first-order valence-electron chi connectivity index (χ1n) is 5.25. The molecule has 1 unspecified atom stereocenters. The molecule has 0 radical (unpaired) electrons. The first-order chi connectivity index (χ1) is 6.99. The van der Waals surface area contributed by atoms with Crippen molar-refractivity contribution in [3.8, 4) is 0 Å². The second-order valence-electron chi connectivity index (χ2n) is 4.27. The molecule has 1 atom stereocenters. The fourth-order valence-electron chi connectivity index (χ4n) is 1.87. The predicted octanol–water partition coefficient (Wildman–Crippen LogP) is -0.730. The molecule has 5 nitrogen and oxygen atoms in total. The number of carbonyl (C=O) groups is 2. The van der Waals surface area contributed by atoms with E-state index in [0.717, 1.165) is 0 Å². The number of piperazine rings is 1. The Morgan fingerprint density at radius 3 is 2.47 bits per heavy atom. The van der Waals surface area contributed by atoms with Gasteiger partial charge in [0.05, 0.1) is 6.04 Å². The number of likely N-dealkylation sites (N-methyl/N-ethyl adjacent to an activating group) is 1. The molecule has 2 N–H and O–H groups in total. The first-order valence-corrected chi connectivity index (χ1v) is 5.25. The molecule has 1 rings (SSSR count). The zero-order chi connectivity index (χ0) is 11.6. The molecule has 0 spiro atoms. The zero-order valence-electron chi connectivity index (χ0n) is 9.56. The number of carbonyl (C=O) groups excluding carboxylic acids is 2. The minimum Gasteiger partial charge on any atom is -0.332 e. The highest BCUT2D eigenvalue weighted by molar-refractivity contribution is 6.35. The normalized spacial score (nSPS) is 22.9. The smallest absolute Gasteiger partial charge is 0.312 e. The van der Waals surface area contributed by atoms with Crippen LogP contribution < -0.4 is 5.73 Å². The van der Waals surface area contributed by atoms with Crippen molar-refractivity contribution in [2.75, 3.05) is 26.7 Å². The summed E-state index contributed by atoms with van der Waals surface area (Å²) in [5, 5.41) is 0. The van der Waals surface area contributed by atoms with Crippen LogP contribution in [0.5, 0.6) is 0 Å². The minimum atomic E-state index is -0.431. The third-order valence-electron chi connectivity index (χ3n) is 2.86. The van der Waals surface area contributed by atoms with E-state index < -0.39 is 11.8 Å². The van der Waals surface area contributed by atoms with Crippen molar-refractivity contribution in [1.29, 1.82) is 0 Å². The number of hydrogen-bond acceptors (Lipinski definition) is 3. The Labute approximate surface area is 90.2 Å². The molecule has 1 aliphatic heterocycles. The van der Waals surface area contributed by atoms with Crippen molar-refractivity contribution in [3.05, 3.63) is 0 Å². The molecular formula is C10H19N3O2. The van der Waals surface area contributed by atoms with Gasteiger partial charge in [-0.2, -0.15) is 0 Å². The van der Waals surface area contributed by atoms with E-state index in [1.807, 2.05) is 13.8 Å². The fourth-order valence-corrected chi connectivity index (χ4v) is 1.87. The van der Waals surface area contributed by atoms with Gasteiger partial charge in [0.2, 0.25) is 0 Å². The molecule has 1 aliphatic rings. The van der Waals surface area contributed by atoms with E-state index in [2.05, 4.69) is 0 Å². The molecule has 15 heavy (non-hydrogen) atoms. The summed E-state index contributed by atoms with van der Waals surface area (Å²) in [5.41, 5.74) is 5.40.